The molecule has 0 spiro atoms. The number of hydrogen-bond acceptors (Lipinski definition) is 4. The minimum Gasteiger partial charge on any atom is -0.294 e. The Bertz CT molecular complexity index is 407. The summed E-state index contributed by atoms with van der Waals surface area (Å²) in [6.07, 6.45) is -0.162. The fourth-order valence-corrected chi connectivity index (χ4v) is 1.40. The number of benzene rings is 1. The molecule has 0 bridgehead atoms. The van der Waals surface area contributed by atoms with Gasteiger partial charge in [0.2, 0.25) is 11.8 Å². The first-order valence-electron chi connectivity index (χ1n) is 4.84. The summed E-state index contributed by atoms with van der Waals surface area (Å²) in [5, 5.41) is 0. The molecule has 2 amide bonds. The molecule has 0 radical (unpaired) electrons. The summed E-state index contributed by atoms with van der Waals surface area (Å²) in [4.78, 5) is 22.6. The molecule has 17 heavy (non-hydrogen) atoms. The van der Waals surface area contributed by atoms with Crippen molar-refractivity contribution >= 4 is 11.8 Å². The molecule has 0 aromatic heterocycles. The minimum atomic E-state index is -0.802. The highest BCUT2D eigenvalue weighted by Gasteiger charge is 2.22. The number of hydrazine groups is 2. The summed E-state index contributed by atoms with van der Waals surface area (Å²) in [6.45, 7) is 0. The molecule has 0 heterocycles. The first-order chi connectivity index (χ1) is 8.08. The Hall–Kier alpha value is -1.99. The highest BCUT2D eigenvalue weighted by Crippen LogP contribution is 2.20. The molecule has 0 aliphatic rings. The second kappa shape index (κ2) is 5.92. The molecule has 0 fully saturated rings. The number of amides is 2. The molecule has 1 atom stereocenters. The van der Waals surface area contributed by atoms with Crippen molar-refractivity contribution in [3.8, 4) is 0 Å². The topological polar surface area (TPSA) is 110 Å². The van der Waals surface area contributed by atoms with Gasteiger partial charge >= 0.3 is 0 Å². The van der Waals surface area contributed by atoms with Crippen LogP contribution in [0.4, 0.5) is 4.39 Å². The molecule has 0 aliphatic carbocycles. The molecule has 1 aromatic carbocycles. The summed E-state index contributed by atoms with van der Waals surface area (Å²) < 4.78 is 12.7. The second-order valence-electron chi connectivity index (χ2n) is 3.38. The van der Waals surface area contributed by atoms with E-state index in [2.05, 4.69) is 0 Å². The fraction of sp³-hybridized carbons (Fsp3) is 0.200. The van der Waals surface area contributed by atoms with E-state index in [9.17, 15) is 14.0 Å². The SMILES string of the molecule is NNC(=O)CC(C(=O)NN)c1ccc(F)cc1. The molecule has 1 unspecified atom stereocenters. The van der Waals surface area contributed by atoms with Crippen LogP contribution in [0.2, 0.25) is 0 Å². The molecule has 92 valence electrons. The lowest BCUT2D eigenvalue weighted by Crippen LogP contribution is -2.38. The van der Waals surface area contributed by atoms with Gasteiger partial charge < -0.3 is 0 Å². The standard InChI is InChI=1S/C10H13FN4O2/c11-7-3-1-6(2-4-7)8(10(17)15-13)5-9(16)14-12/h1-4,8H,5,12-13H2,(H,14,16)(H,15,17). The van der Waals surface area contributed by atoms with Gasteiger partial charge in [0.1, 0.15) is 5.82 Å². The summed E-state index contributed by atoms with van der Waals surface area (Å²) in [6, 6.07) is 5.23. The lowest BCUT2D eigenvalue weighted by atomic mass is 9.94. The summed E-state index contributed by atoms with van der Waals surface area (Å²) in [7, 11) is 0. The molecule has 0 saturated carbocycles. The van der Waals surface area contributed by atoms with Crippen molar-refractivity contribution in [1.82, 2.24) is 10.9 Å². The number of rotatable bonds is 4. The molecule has 0 saturated heterocycles. The van der Waals surface area contributed by atoms with Crippen molar-refractivity contribution < 1.29 is 14.0 Å². The van der Waals surface area contributed by atoms with E-state index in [1.807, 2.05) is 10.9 Å². The number of halogens is 1. The Morgan fingerprint density at radius 3 is 2.24 bits per heavy atom. The zero-order chi connectivity index (χ0) is 12.8. The number of nitrogens with one attached hydrogen (secondary N) is 2. The third-order valence-corrected chi connectivity index (χ3v) is 2.28. The largest absolute Gasteiger partial charge is 0.294 e. The smallest absolute Gasteiger partial charge is 0.241 e. The lowest BCUT2D eigenvalue weighted by Gasteiger charge is -2.14. The van der Waals surface area contributed by atoms with Crippen LogP contribution in [-0.2, 0) is 9.59 Å². The van der Waals surface area contributed by atoms with E-state index in [0.717, 1.165) is 0 Å². The van der Waals surface area contributed by atoms with Crippen molar-refractivity contribution in [2.75, 3.05) is 0 Å². The number of carbonyl (C=O) groups is 2. The van der Waals surface area contributed by atoms with Crippen LogP contribution in [0.1, 0.15) is 17.9 Å². The van der Waals surface area contributed by atoms with Crippen LogP contribution in [0.3, 0.4) is 0 Å². The quantitative estimate of drug-likeness (QED) is 0.316. The molecular formula is C10H13FN4O2. The number of carbonyl (C=O) groups excluding carboxylic acids is 2. The van der Waals surface area contributed by atoms with Gasteiger partial charge in [0.05, 0.1) is 5.92 Å². The Labute approximate surface area is 97.1 Å². The Balaban J connectivity index is 2.93. The van der Waals surface area contributed by atoms with Gasteiger partial charge in [-0.05, 0) is 17.7 Å². The van der Waals surface area contributed by atoms with Gasteiger partial charge in [-0.3, -0.25) is 20.4 Å². The fourth-order valence-electron chi connectivity index (χ4n) is 1.40. The average molecular weight is 240 g/mol. The predicted octanol–water partition coefficient (Wildman–Crippen LogP) is -0.721. The van der Waals surface area contributed by atoms with Gasteiger partial charge in [-0.2, -0.15) is 0 Å². The van der Waals surface area contributed by atoms with Crippen LogP contribution in [-0.4, -0.2) is 11.8 Å². The van der Waals surface area contributed by atoms with E-state index < -0.39 is 23.5 Å². The van der Waals surface area contributed by atoms with Crippen molar-refractivity contribution in [3.63, 3.8) is 0 Å². The van der Waals surface area contributed by atoms with Crippen LogP contribution in [0.5, 0.6) is 0 Å². The maximum atomic E-state index is 12.7. The first-order valence-corrected chi connectivity index (χ1v) is 4.84. The van der Waals surface area contributed by atoms with Gasteiger partial charge in [-0.15, -0.1) is 0 Å². The van der Waals surface area contributed by atoms with E-state index in [1.165, 1.54) is 24.3 Å². The van der Waals surface area contributed by atoms with Crippen molar-refractivity contribution in [1.29, 1.82) is 0 Å². The Morgan fingerprint density at radius 2 is 1.76 bits per heavy atom. The molecule has 1 rings (SSSR count). The molecule has 7 heteroatoms. The van der Waals surface area contributed by atoms with Crippen molar-refractivity contribution in [3.05, 3.63) is 35.6 Å². The molecule has 1 aromatic rings. The van der Waals surface area contributed by atoms with Crippen LogP contribution < -0.4 is 22.5 Å². The zero-order valence-electron chi connectivity index (χ0n) is 8.94. The first kappa shape index (κ1) is 13.1. The van der Waals surface area contributed by atoms with E-state index in [-0.39, 0.29) is 6.42 Å². The van der Waals surface area contributed by atoms with E-state index >= 15 is 0 Å². The van der Waals surface area contributed by atoms with Crippen LogP contribution in [0.25, 0.3) is 0 Å². The van der Waals surface area contributed by atoms with Gasteiger partial charge in [-0.25, -0.2) is 16.1 Å². The second-order valence-corrected chi connectivity index (χ2v) is 3.38. The highest BCUT2D eigenvalue weighted by molar-refractivity contribution is 5.89. The molecule has 6 N–H and O–H groups in total. The number of hydrogen-bond donors (Lipinski definition) is 4. The van der Waals surface area contributed by atoms with Crippen LogP contribution >= 0.6 is 0 Å². The molecule has 0 aliphatic heterocycles. The zero-order valence-corrected chi connectivity index (χ0v) is 8.94. The lowest BCUT2D eigenvalue weighted by molar-refractivity contribution is -0.127. The summed E-state index contributed by atoms with van der Waals surface area (Å²) >= 11 is 0. The minimum absolute atomic E-state index is 0.162. The Kier molecular flexibility index (Phi) is 4.56. The summed E-state index contributed by atoms with van der Waals surface area (Å²) in [5.41, 5.74) is 4.36. The van der Waals surface area contributed by atoms with Gasteiger partial charge in [0.15, 0.2) is 0 Å². The van der Waals surface area contributed by atoms with E-state index in [1.54, 1.807) is 0 Å². The van der Waals surface area contributed by atoms with Crippen molar-refractivity contribution in [2.45, 2.75) is 12.3 Å². The monoisotopic (exact) mass is 240 g/mol. The summed E-state index contributed by atoms with van der Waals surface area (Å²) in [5.74, 6) is 7.68. The van der Waals surface area contributed by atoms with Gasteiger partial charge in [0, 0.05) is 6.42 Å². The van der Waals surface area contributed by atoms with Crippen LogP contribution in [0, 0.1) is 5.82 Å². The van der Waals surface area contributed by atoms with E-state index in [4.69, 9.17) is 11.7 Å². The molecular weight excluding hydrogens is 227 g/mol. The van der Waals surface area contributed by atoms with Crippen molar-refractivity contribution in [2.24, 2.45) is 11.7 Å². The highest BCUT2D eigenvalue weighted by atomic mass is 19.1. The third-order valence-electron chi connectivity index (χ3n) is 2.28. The van der Waals surface area contributed by atoms with Crippen LogP contribution in [0.15, 0.2) is 24.3 Å². The maximum Gasteiger partial charge on any atom is 0.241 e. The predicted molar refractivity (Wildman–Crippen MR) is 58.4 cm³/mol. The van der Waals surface area contributed by atoms with Gasteiger partial charge in [0.25, 0.3) is 0 Å². The third kappa shape index (κ3) is 3.51. The normalized spacial score (nSPS) is 11.7. The van der Waals surface area contributed by atoms with E-state index in [0.29, 0.717) is 5.56 Å². The van der Waals surface area contributed by atoms with Gasteiger partial charge in [-0.1, -0.05) is 12.1 Å². The average Bonchev–Trinajstić information content (AvgIpc) is 2.36. The Morgan fingerprint density at radius 1 is 1.18 bits per heavy atom. The number of nitrogens with two attached hydrogens (primary N) is 2. The maximum absolute atomic E-state index is 12.7. The molecule has 6 nitrogen and oxygen atoms in total.